The highest BCUT2D eigenvalue weighted by molar-refractivity contribution is 7.86. The first-order valence-corrected chi connectivity index (χ1v) is 7.41. The van der Waals surface area contributed by atoms with Gasteiger partial charge in [-0.3, -0.25) is 9.00 Å². The van der Waals surface area contributed by atoms with Gasteiger partial charge in [-0.25, -0.2) is 0 Å². The van der Waals surface area contributed by atoms with Crippen LogP contribution in [-0.4, -0.2) is 40.1 Å². The third-order valence-electron chi connectivity index (χ3n) is 3.22. The molecule has 3 unspecified atom stereocenters. The minimum absolute atomic E-state index is 0.0514. The van der Waals surface area contributed by atoms with Crippen molar-refractivity contribution in [1.29, 1.82) is 5.26 Å². The lowest BCUT2D eigenvalue weighted by Crippen LogP contribution is -2.33. The van der Waals surface area contributed by atoms with Crippen molar-refractivity contribution in [3.63, 3.8) is 0 Å². The largest absolute Gasteiger partial charge is 0.348 e. The van der Waals surface area contributed by atoms with Crippen molar-refractivity contribution in [1.82, 2.24) is 4.90 Å². The van der Waals surface area contributed by atoms with Gasteiger partial charge in [-0.2, -0.15) is 5.26 Å². The van der Waals surface area contributed by atoms with E-state index in [1.165, 1.54) is 4.90 Å². The quantitative estimate of drug-likeness (QED) is 0.715. The minimum atomic E-state index is -1.21. The number of rotatable bonds is 3. The first-order chi connectivity index (χ1) is 8.06. The zero-order valence-corrected chi connectivity index (χ0v) is 11.3. The maximum absolute atomic E-state index is 12.1. The third-order valence-corrected chi connectivity index (χ3v) is 4.99. The van der Waals surface area contributed by atoms with Gasteiger partial charge in [-0.1, -0.05) is 19.3 Å². The molecule has 96 valence electrons. The lowest BCUT2D eigenvalue weighted by Gasteiger charge is -2.19. The average Bonchev–Trinajstić information content (AvgIpc) is 2.53. The summed E-state index contributed by atoms with van der Waals surface area (Å²) in [5.74, 6) is -0.215. The van der Waals surface area contributed by atoms with Gasteiger partial charge in [-0.05, 0) is 12.8 Å². The summed E-state index contributed by atoms with van der Waals surface area (Å²) in [4.78, 5) is 13.0. The van der Waals surface area contributed by atoms with E-state index in [0.29, 0.717) is 0 Å². The molecule has 1 aliphatic carbocycles. The van der Waals surface area contributed by atoms with Crippen LogP contribution in [0.2, 0.25) is 0 Å². The average molecular weight is 256 g/mol. The van der Waals surface area contributed by atoms with Crippen molar-refractivity contribution < 1.29 is 9.00 Å². The third kappa shape index (κ3) is 4.12. The van der Waals surface area contributed by atoms with E-state index in [4.69, 9.17) is 5.26 Å². The Kier molecular flexibility index (Phi) is 5.63. The van der Waals surface area contributed by atoms with Crippen LogP contribution in [0.4, 0.5) is 0 Å². The van der Waals surface area contributed by atoms with Gasteiger partial charge < -0.3 is 4.90 Å². The molecule has 0 aromatic carbocycles. The van der Waals surface area contributed by atoms with E-state index in [9.17, 15) is 9.00 Å². The highest BCUT2D eigenvalue weighted by Crippen LogP contribution is 2.26. The molecule has 3 atom stereocenters. The fourth-order valence-corrected chi connectivity index (χ4v) is 3.80. The maximum Gasteiger partial charge on any atom is 0.234 e. The molecule has 0 radical (unpaired) electrons. The zero-order valence-electron chi connectivity index (χ0n) is 10.5. The Morgan fingerprint density at radius 3 is 2.59 bits per heavy atom. The Bertz CT molecular complexity index is 336. The van der Waals surface area contributed by atoms with Gasteiger partial charge in [0.25, 0.3) is 0 Å². The van der Waals surface area contributed by atoms with Crippen LogP contribution in [0, 0.1) is 17.2 Å². The van der Waals surface area contributed by atoms with Crippen molar-refractivity contribution in [2.75, 3.05) is 19.8 Å². The van der Waals surface area contributed by atoms with E-state index < -0.39 is 10.8 Å². The van der Waals surface area contributed by atoms with Crippen molar-refractivity contribution in [3.05, 3.63) is 0 Å². The summed E-state index contributed by atoms with van der Waals surface area (Å²) in [5, 5.41) is 8.98. The summed E-state index contributed by atoms with van der Waals surface area (Å²) >= 11 is 0. The Morgan fingerprint density at radius 1 is 1.35 bits per heavy atom. The lowest BCUT2D eigenvalue weighted by molar-refractivity contribution is -0.125. The highest BCUT2D eigenvalue weighted by atomic mass is 32.2. The summed E-state index contributed by atoms with van der Waals surface area (Å²) < 4.78 is 12.1. The van der Waals surface area contributed by atoms with Crippen LogP contribution in [0.3, 0.4) is 0 Å². The molecule has 0 aromatic heterocycles. The molecular formula is C12H20N2O2S. The molecule has 5 heteroatoms. The van der Waals surface area contributed by atoms with Gasteiger partial charge in [0.2, 0.25) is 5.91 Å². The maximum atomic E-state index is 12.1. The minimum Gasteiger partial charge on any atom is -0.348 e. The lowest BCUT2D eigenvalue weighted by atomic mass is 10.0. The van der Waals surface area contributed by atoms with Crippen molar-refractivity contribution in [2.24, 2.45) is 5.92 Å². The van der Waals surface area contributed by atoms with Gasteiger partial charge in [0.05, 0.1) is 17.2 Å². The van der Waals surface area contributed by atoms with Crippen LogP contribution in [0.1, 0.15) is 32.1 Å². The van der Waals surface area contributed by atoms with Crippen LogP contribution < -0.4 is 0 Å². The molecule has 0 heterocycles. The molecule has 1 rings (SSSR count). The molecular weight excluding hydrogens is 236 g/mol. The number of nitriles is 1. The molecule has 1 saturated carbocycles. The summed E-state index contributed by atoms with van der Waals surface area (Å²) in [6.07, 6.45) is 4.79. The second-order valence-electron chi connectivity index (χ2n) is 4.73. The zero-order chi connectivity index (χ0) is 12.8. The molecule has 0 aromatic rings. The molecule has 0 bridgehead atoms. The Morgan fingerprint density at radius 2 is 2.00 bits per heavy atom. The highest BCUT2D eigenvalue weighted by Gasteiger charge is 2.29. The Labute approximate surface area is 105 Å². The van der Waals surface area contributed by atoms with E-state index in [0.717, 1.165) is 32.1 Å². The van der Waals surface area contributed by atoms with Crippen LogP contribution >= 0.6 is 0 Å². The van der Waals surface area contributed by atoms with E-state index >= 15 is 0 Å². The summed E-state index contributed by atoms with van der Waals surface area (Å²) in [7, 11) is 2.11. The Hall–Kier alpha value is -0.890. The van der Waals surface area contributed by atoms with Crippen molar-refractivity contribution in [2.45, 2.75) is 37.4 Å². The second-order valence-corrected chi connectivity index (χ2v) is 6.38. The smallest absolute Gasteiger partial charge is 0.234 e. The first kappa shape index (κ1) is 14.2. The predicted molar refractivity (Wildman–Crippen MR) is 67.7 cm³/mol. The molecule has 1 fully saturated rings. The predicted octanol–water partition coefficient (Wildman–Crippen LogP) is 1.30. The second kappa shape index (κ2) is 6.75. The SMILES string of the molecule is CN(C)C(=O)CS(=O)C1CCCCCC1C#N. The number of hydrogen-bond donors (Lipinski definition) is 0. The van der Waals surface area contributed by atoms with Gasteiger partial charge in [0.1, 0.15) is 5.75 Å². The van der Waals surface area contributed by atoms with Crippen molar-refractivity contribution >= 4 is 16.7 Å². The van der Waals surface area contributed by atoms with Crippen molar-refractivity contribution in [3.8, 4) is 6.07 Å². The molecule has 0 spiro atoms. The van der Waals surface area contributed by atoms with E-state index in [-0.39, 0.29) is 22.8 Å². The molecule has 17 heavy (non-hydrogen) atoms. The fraction of sp³-hybridized carbons (Fsp3) is 0.833. The Balaban J connectivity index is 2.65. The topological polar surface area (TPSA) is 61.2 Å². The molecule has 1 aliphatic rings. The van der Waals surface area contributed by atoms with E-state index in [1.807, 2.05) is 0 Å². The molecule has 0 N–H and O–H groups in total. The van der Waals surface area contributed by atoms with Crippen LogP contribution in [0.25, 0.3) is 0 Å². The first-order valence-electron chi connectivity index (χ1n) is 6.03. The normalized spacial score (nSPS) is 26.6. The summed E-state index contributed by atoms with van der Waals surface area (Å²) in [6.45, 7) is 0. The van der Waals surface area contributed by atoms with Crippen LogP contribution in [0.5, 0.6) is 0 Å². The fourth-order valence-electron chi connectivity index (χ4n) is 2.09. The van der Waals surface area contributed by atoms with Gasteiger partial charge in [0, 0.05) is 24.9 Å². The van der Waals surface area contributed by atoms with E-state index in [1.54, 1.807) is 14.1 Å². The number of amides is 1. The summed E-state index contributed by atoms with van der Waals surface area (Å²) in [5.41, 5.74) is 0. The van der Waals surface area contributed by atoms with Crippen LogP contribution in [-0.2, 0) is 15.6 Å². The monoisotopic (exact) mass is 256 g/mol. The summed E-state index contributed by atoms with van der Waals surface area (Å²) in [6, 6.07) is 2.26. The number of carbonyl (C=O) groups is 1. The van der Waals surface area contributed by atoms with E-state index in [2.05, 4.69) is 6.07 Å². The molecule has 0 aliphatic heterocycles. The molecule has 0 saturated heterocycles. The number of nitrogens with zero attached hydrogens (tertiary/aromatic N) is 2. The molecule has 1 amide bonds. The number of carbonyl (C=O) groups excluding carboxylic acids is 1. The van der Waals surface area contributed by atoms with Crippen LogP contribution in [0.15, 0.2) is 0 Å². The van der Waals surface area contributed by atoms with Gasteiger partial charge in [-0.15, -0.1) is 0 Å². The van der Waals surface area contributed by atoms with Gasteiger partial charge in [0.15, 0.2) is 0 Å². The van der Waals surface area contributed by atoms with Gasteiger partial charge >= 0.3 is 0 Å². The standard InChI is InChI=1S/C12H20N2O2S/c1-14(2)12(15)9-17(16)11-7-5-3-4-6-10(11)8-13/h10-11H,3-7,9H2,1-2H3. The molecule has 4 nitrogen and oxygen atoms in total. The number of hydrogen-bond acceptors (Lipinski definition) is 3.